The van der Waals surface area contributed by atoms with E-state index in [0.717, 1.165) is 32.9 Å². The number of carboxylic acid groups (broad SMARTS) is 1. The predicted molar refractivity (Wildman–Crippen MR) is 141 cm³/mol. The average Bonchev–Trinajstić information content (AvgIpc) is 3.45. The first-order chi connectivity index (χ1) is 17.3. The summed E-state index contributed by atoms with van der Waals surface area (Å²) in [6, 6.07) is 18.3. The number of halogens is 1. The zero-order valence-electron chi connectivity index (χ0n) is 19.7. The Labute approximate surface area is 216 Å². The average molecular weight is 522 g/mol. The maximum Gasteiger partial charge on any atom is 0.412 e. The van der Waals surface area contributed by atoms with Gasteiger partial charge >= 0.3 is 12.1 Å². The Morgan fingerprint density at radius 2 is 1.83 bits per heavy atom. The van der Waals surface area contributed by atoms with E-state index in [9.17, 15) is 19.1 Å². The molecule has 2 N–H and O–H groups in total. The van der Waals surface area contributed by atoms with Crippen molar-refractivity contribution < 1.29 is 23.8 Å². The number of aryl methyl sites for hydroxylation is 1. The number of benzene rings is 2. The van der Waals surface area contributed by atoms with Gasteiger partial charge in [-0.05, 0) is 60.9 Å². The largest absolute Gasteiger partial charge is 0.481 e. The van der Waals surface area contributed by atoms with E-state index < -0.39 is 28.7 Å². The van der Waals surface area contributed by atoms with Gasteiger partial charge in [0.25, 0.3) is 0 Å². The Morgan fingerprint density at radius 1 is 1.08 bits per heavy atom. The number of hydrogen-bond donors (Lipinski definition) is 2. The van der Waals surface area contributed by atoms with Crippen molar-refractivity contribution in [3.63, 3.8) is 0 Å². The highest BCUT2D eigenvalue weighted by Gasteiger charge is 2.52. The lowest BCUT2D eigenvalue weighted by molar-refractivity contribution is -0.140. The summed E-state index contributed by atoms with van der Waals surface area (Å²) in [7, 11) is 0. The van der Waals surface area contributed by atoms with Crippen molar-refractivity contribution in [2.24, 2.45) is 0 Å². The fraction of sp³-hybridized carbons (Fsp3) is 0.214. The quantitative estimate of drug-likeness (QED) is 0.258. The molecule has 1 atom stereocenters. The van der Waals surface area contributed by atoms with Gasteiger partial charge in [-0.2, -0.15) is 4.39 Å². The van der Waals surface area contributed by atoms with Crippen molar-refractivity contribution in [1.82, 2.24) is 0 Å². The maximum absolute atomic E-state index is 14.6. The highest BCUT2D eigenvalue weighted by atomic mass is 32.1. The zero-order valence-corrected chi connectivity index (χ0v) is 21.3. The minimum Gasteiger partial charge on any atom is -0.481 e. The lowest BCUT2D eigenvalue weighted by Crippen LogP contribution is -2.19. The number of hydrogen-bond acceptors (Lipinski definition) is 5. The first-order valence-electron chi connectivity index (χ1n) is 11.5. The molecule has 2 aromatic heterocycles. The Kier molecular flexibility index (Phi) is 6.40. The fourth-order valence-electron chi connectivity index (χ4n) is 4.48. The zero-order chi connectivity index (χ0) is 25.4. The van der Waals surface area contributed by atoms with Crippen LogP contribution in [-0.2, 0) is 14.9 Å². The Morgan fingerprint density at radius 3 is 2.47 bits per heavy atom. The second-order valence-corrected chi connectivity index (χ2v) is 11.0. The molecule has 1 aliphatic rings. The molecule has 0 saturated heterocycles. The number of ether oxygens (including phenoxy) is 1. The molecule has 2 heterocycles. The minimum absolute atomic E-state index is 0.284. The van der Waals surface area contributed by atoms with Crippen LogP contribution in [-0.4, -0.2) is 17.2 Å². The third-order valence-electron chi connectivity index (χ3n) is 6.62. The van der Waals surface area contributed by atoms with Crippen LogP contribution >= 0.6 is 22.7 Å². The standard InChI is InChI=1S/C28H24FNO4S2/c1-16(20-10-13-35-17(20)2)34-27(33)30-23-15-24(29)36-25(23)22-14-19(28(11-12-28)26(31)32)8-9-21(22)18-6-4-3-5-7-18/h3-10,13-16H,11-12H2,1-2H3,(H,30,33)(H,31,32). The van der Waals surface area contributed by atoms with E-state index in [1.165, 1.54) is 6.07 Å². The molecule has 1 unspecified atom stereocenters. The van der Waals surface area contributed by atoms with Crippen molar-refractivity contribution >= 4 is 40.4 Å². The number of carbonyl (C=O) groups is 2. The van der Waals surface area contributed by atoms with Crippen LogP contribution in [0.2, 0.25) is 0 Å². The Balaban J connectivity index is 1.52. The molecular weight excluding hydrogens is 497 g/mol. The van der Waals surface area contributed by atoms with E-state index in [2.05, 4.69) is 5.32 Å². The molecule has 1 saturated carbocycles. The fourth-order valence-corrected chi connectivity index (χ4v) is 6.14. The number of nitrogens with one attached hydrogen (secondary N) is 1. The van der Waals surface area contributed by atoms with E-state index in [0.29, 0.717) is 28.8 Å². The van der Waals surface area contributed by atoms with Crippen molar-refractivity contribution in [2.75, 3.05) is 5.32 Å². The highest BCUT2D eigenvalue weighted by Crippen LogP contribution is 2.51. The van der Waals surface area contributed by atoms with Gasteiger partial charge in [0.05, 0.1) is 16.0 Å². The second kappa shape index (κ2) is 9.52. The number of carboxylic acids is 1. The summed E-state index contributed by atoms with van der Waals surface area (Å²) in [5.74, 6) is -0.863. The molecule has 5 nitrogen and oxygen atoms in total. The molecule has 0 aliphatic heterocycles. The molecular formula is C28H24FNO4S2. The summed E-state index contributed by atoms with van der Waals surface area (Å²) >= 11 is 2.48. The molecule has 0 spiro atoms. The minimum atomic E-state index is -0.917. The number of carbonyl (C=O) groups excluding carboxylic acids is 1. The number of thiophene rings is 2. The smallest absolute Gasteiger partial charge is 0.412 e. The summed E-state index contributed by atoms with van der Waals surface area (Å²) in [6.07, 6.45) is -0.0315. The van der Waals surface area contributed by atoms with E-state index in [-0.39, 0.29) is 5.69 Å². The van der Waals surface area contributed by atoms with Crippen molar-refractivity contribution in [3.8, 4) is 21.6 Å². The van der Waals surface area contributed by atoms with Gasteiger partial charge < -0.3 is 9.84 Å². The summed E-state index contributed by atoms with van der Waals surface area (Å²) in [5, 5.41) is 14.0. The van der Waals surface area contributed by atoms with Gasteiger partial charge in [0.1, 0.15) is 6.10 Å². The third kappa shape index (κ3) is 4.54. The van der Waals surface area contributed by atoms with Crippen LogP contribution in [0.5, 0.6) is 0 Å². The van der Waals surface area contributed by atoms with Gasteiger partial charge in [-0.3, -0.25) is 10.1 Å². The molecule has 36 heavy (non-hydrogen) atoms. The Bertz CT molecular complexity index is 1440. The van der Waals surface area contributed by atoms with Gasteiger partial charge in [0, 0.05) is 22.1 Å². The van der Waals surface area contributed by atoms with Crippen molar-refractivity contribution in [3.05, 3.63) is 87.2 Å². The van der Waals surface area contributed by atoms with Gasteiger partial charge in [0.2, 0.25) is 0 Å². The topological polar surface area (TPSA) is 75.6 Å². The molecule has 2 aromatic carbocycles. The molecule has 0 bridgehead atoms. The molecule has 184 valence electrons. The van der Waals surface area contributed by atoms with E-state index in [4.69, 9.17) is 4.74 Å². The lowest BCUT2D eigenvalue weighted by atomic mass is 9.89. The summed E-state index contributed by atoms with van der Waals surface area (Å²) in [4.78, 5) is 26.3. The summed E-state index contributed by atoms with van der Waals surface area (Å²) in [6.45, 7) is 3.76. The lowest BCUT2D eigenvalue weighted by Gasteiger charge is -2.17. The normalized spacial score (nSPS) is 14.8. The van der Waals surface area contributed by atoms with Crippen LogP contribution in [0.4, 0.5) is 14.9 Å². The third-order valence-corrected chi connectivity index (χ3v) is 8.44. The van der Waals surface area contributed by atoms with Gasteiger partial charge in [-0.1, -0.05) is 42.5 Å². The SMILES string of the molecule is Cc1sccc1C(C)OC(=O)Nc1cc(F)sc1-c1cc(C2(C(=O)O)CC2)ccc1-c1ccccc1. The molecule has 8 heteroatoms. The van der Waals surface area contributed by atoms with Gasteiger partial charge in [0.15, 0.2) is 5.13 Å². The first-order valence-corrected chi connectivity index (χ1v) is 13.2. The maximum atomic E-state index is 14.6. The Hall–Kier alpha value is -3.49. The highest BCUT2D eigenvalue weighted by molar-refractivity contribution is 7.14. The molecule has 1 aliphatic carbocycles. The first kappa shape index (κ1) is 24.2. The summed E-state index contributed by atoms with van der Waals surface area (Å²) < 4.78 is 20.2. The van der Waals surface area contributed by atoms with Crippen LogP contribution in [0.3, 0.4) is 0 Å². The number of amides is 1. The molecule has 1 amide bonds. The predicted octanol–water partition coefficient (Wildman–Crippen LogP) is 8.02. The summed E-state index contributed by atoms with van der Waals surface area (Å²) in [5.41, 5.74) is 3.36. The monoisotopic (exact) mass is 521 g/mol. The molecule has 4 aromatic rings. The van der Waals surface area contributed by atoms with E-state index in [1.54, 1.807) is 18.3 Å². The van der Waals surface area contributed by atoms with Gasteiger partial charge in [-0.25, -0.2) is 4.79 Å². The molecule has 5 rings (SSSR count). The van der Waals surface area contributed by atoms with Crippen LogP contribution in [0.15, 0.2) is 66.0 Å². The molecule has 0 radical (unpaired) electrons. The number of aliphatic carboxylic acids is 1. The van der Waals surface area contributed by atoms with Gasteiger partial charge in [-0.15, -0.1) is 22.7 Å². The van der Waals surface area contributed by atoms with Crippen LogP contribution in [0.25, 0.3) is 21.6 Å². The number of rotatable bonds is 7. The van der Waals surface area contributed by atoms with E-state index >= 15 is 0 Å². The second-order valence-electron chi connectivity index (χ2n) is 8.91. The van der Waals surface area contributed by atoms with Crippen molar-refractivity contribution in [2.45, 2.75) is 38.2 Å². The van der Waals surface area contributed by atoms with Crippen LogP contribution < -0.4 is 5.32 Å². The molecule has 1 fully saturated rings. The van der Waals surface area contributed by atoms with Crippen LogP contribution in [0.1, 0.15) is 41.9 Å². The van der Waals surface area contributed by atoms with Crippen LogP contribution in [0, 0.1) is 12.1 Å². The number of anilines is 1. The van der Waals surface area contributed by atoms with Crippen molar-refractivity contribution in [1.29, 1.82) is 0 Å². The van der Waals surface area contributed by atoms with E-state index in [1.807, 2.05) is 66.9 Å².